The van der Waals surface area contributed by atoms with Gasteiger partial charge in [-0.2, -0.15) is 5.06 Å². The maximum atomic E-state index is 13.1. The van der Waals surface area contributed by atoms with E-state index in [9.17, 15) is 8.78 Å². The molecule has 0 unspecified atom stereocenters. The Morgan fingerprint density at radius 3 is 2.33 bits per heavy atom. The number of halogens is 2. The number of hydrogen-bond acceptors (Lipinski definition) is 3. The highest BCUT2D eigenvalue weighted by atomic mass is 19.3. The number of hydroxylamine groups is 2. The first kappa shape index (κ1) is 8.34. The van der Waals surface area contributed by atoms with E-state index < -0.39 is 23.9 Å². The van der Waals surface area contributed by atoms with Gasteiger partial charge in [-0.3, -0.25) is 0 Å². The van der Waals surface area contributed by atoms with Crippen molar-refractivity contribution < 1.29 is 14.0 Å². The van der Waals surface area contributed by atoms with E-state index in [0.29, 0.717) is 17.9 Å². The standard InChI is InChI=1S/C7H12F2N2O/c8-7(9)4-11(12)3-5(7)6(10)1-2-6/h5,12H,1-4,10H2/t5-/m1/s1. The molecule has 70 valence electrons. The van der Waals surface area contributed by atoms with Gasteiger partial charge in [-0.05, 0) is 12.8 Å². The lowest BCUT2D eigenvalue weighted by molar-refractivity contribution is -0.100. The summed E-state index contributed by atoms with van der Waals surface area (Å²) in [4.78, 5) is 0. The van der Waals surface area contributed by atoms with E-state index in [1.807, 2.05) is 0 Å². The molecule has 5 heteroatoms. The van der Waals surface area contributed by atoms with E-state index >= 15 is 0 Å². The second-order valence-electron chi connectivity index (χ2n) is 3.89. The minimum absolute atomic E-state index is 0.00347. The fourth-order valence-electron chi connectivity index (χ4n) is 1.86. The maximum Gasteiger partial charge on any atom is 0.268 e. The normalized spacial score (nSPS) is 38.5. The Balaban J connectivity index is 2.15. The Kier molecular flexibility index (Phi) is 1.50. The van der Waals surface area contributed by atoms with Crippen molar-refractivity contribution in [1.82, 2.24) is 5.06 Å². The van der Waals surface area contributed by atoms with Crippen LogP contribution in [0, 0.1) is 5.92 Å². The largest absolute Gasteiger partial charge is 0.325 e. The fourth-order valence-corrected chi connectivity index (χ4v) is 1.86. The van der Waals surface area contributed by atoms with Crippen LogP contribution in [-0.2, 0) is 0 Å². The summed E-state index contributed by atoms with van der Waals surface area (Å²) in [5.74, 6) is -3.69. The molecule has 1 saturated carbocycles. The molecule has 12 heavy (non-hydrogen) atoms. The van der Waals surface area contributed by atoms with Gasteiger partial charge >= 0.3 is 0 Å². The Bertz CT molecular complexity index is 206. The average Bonchev–Trinajstić information content (AvgIpc) is 2.56. The number of nitrogens with two attached hydrogens (primary N) is 1. The molecule has 1 saturated heterocycles. The van der Waals surface area contributed by atoms with Gasteiger partial charge in [0, 0.05) is 12.1 Å². The second-order valence-corrected chi connectivity index (χ2v) is 3.89. The van der Waals surface area contributed by atoms with Crippen LogP contribution in [0.15, 0.2) is 0 Å². The SMILES string of the molecule is NC1([C@H]2CN(O)CC2(F)F)CC1. The second kappa shape index (κ2) is 2.16. The van der Waals surface area contributed by atoms with Gasteiger partial charge in [0.05, 0.1) is 12.5 Å². The van der Waals surface area contributed by atoms with Crippen LogP contribution in [0.3, 0.4) is 0 Å². The third kappa shape index (κ3) is 1.12. The molecule has 2 aliphatic rings. The number of nitrogens with zero attached hydrogens (tertiary/aromatic N) is 1. The van der Waals surface area contributed by atoms with Crippen LogP contribution in [0.5, 0.6) is 0 Å². The van der Waals surface area contributed by atoms with Crippen LogP contribution in [0.1, 0.15) is 12.8 Å². The van der Waals surface area contributed by atoms with E-state index in [2.05, 4.69) is 0 Å². The van der Waals surface area contributed by atoms with Gasteiger partial charge in [0.25, 0.3) is 5.92 Å². The average molecular weight is 178 g/mol. The minimum Gasteiger partial charge on any atom is -0.325 e. The zero-order valence-electron chi connectivity index (χ0n) is 6.63. The molecule has 3 N–H and O–H groups in total. The lowest BCUT2D eigenvalue weighted by atomic mass is 9.94. The Morgan fingerprint density at radius 1 is 1.42 bits per heavy atom. The van der Waals surface area contributed by atoms with Gasteiger partial charge in [-0.1, -0.05) is 0 Å². The third-order valence-corrected chi connectivity index (χ3v) is 2.82. The summed E-state index contributed by atoms with van der Waals surface area (Å²) in [5.41, 5.74) is 4.96. The van der Waals surface area contributed by atoms with Crippen LogP contribution < -0.4 is 5.73 Å². The summed E-state index contributed by atoms with van der Waals surface area (Å²) in [6, 6.07) is 0. The van der Waals surface area contributed by atoms with Gasteiger partial charge in [0.2, 0.25) is 0 Å². The minimum atomic E-state index is -2.82. The Morgan fingerprint density at radius 2 is 2.00 bits per heavy atom. The summed E-state index contributed by atoms with van der Waals surface area (Å²) >= 11 is 0. The molecule has 1 aliphatic carbocycles. The van der Waals surface area contributed by atoms with E-state index in [-0.39, 0.29) is 6.54 Å². The summed E-state index contributed by atoms with van der Waals surface area (Å²) in [6.45, 7) is -0.569. The predicted octanol–water partition coefficient (Wildman–Crippen LogP) is 0.434. The monoisotopic (exact) mass is 178 g/mol. The van der Waals surface area contributed by atoms with Crippen molar-refractivity contribution in [2.75, 3.05) is 13.1 Å². The van der Waals surface area contributed by atoms with E-state index in [0.717, 1.165) is 0 Å². The molecule has 1 atom stereocenters. The first-order valence-corrected chi connectivity index (χ1v) is 4.05. The molecule has 0 radical (unpaired) electrons. The number of hydrogen-bond donors (Lipinski definition) is 2. The summed E-state index contributed by atoms with van der Waals surface area (Å²) in [6.07, 6.45) is 1.31. The van der Waals surface area contributed by atoms with Crippen molar-refractivity contribution in [3.8, 4) is 0 Å². The highest BCUT2D eigenvalue weighted by molar-refractivity contribution is 5.11. The van der Waals surface area contributed by atoms with Crippen LogP contribution in [0.4, 0.5) is 8.78 Å². The fraction of sp³-hybridized carbons (Fsp3) is 1.00. The first-order valence-electron chi connectivity index (χ1n) is 4.05. The molecule has 1 heterocycles. The molecule has 0 amide bonds. The zero-order chi connectivity index (χ0) is 8.98. The number of alkyl halides is 2. The van der Waals surface area contributed by atoms with Gasteiger partial charge in [0.15, 0.2) is 0 Å². The molecule has 0 aromatic heterocycles. The zero-order valence-corrected chi connectivity index (χ0v) is 6.63. The summed E-state index contributed by atoms with van der Waals surface area (Å²) in [5, 5.41) is 9.59. The molecule has 2 rings (SSSR count). The summed E-state index contributed by atoms with van der Waals surface area (Å²) < 4.78 is 26.2. The smallest absolute Gasteiger partial charge is 0.268 e. The van der Waals surface area contributed by atoms with Gasteiger partial charge in [-0.15, -0.1) is 0 Å². The molecule has 0 aromatic carbocycles. The van der Waals surface area contributed by atoms with Crippen molar-refractivity contribution in [3.05, 3.63) is 0 Å². The van der Waals surface area contributed by atoms with Crippen LogP contribution in [0.2, 0.25) is 0 Å². The number of rotatable bonds is 1. The molecular weight excluding hydrogens is 166 g/mol. The van der Waals surface area contributed by atoms with Crippen molar-refractivity contribution >= 4 is 0 Å². The van der Waals surface area contributed by atoms with E-state index in [1.54, 1.807) is 0 Å². The topological polar surface area (TPSA) is 49.5 Å². The Hall–Kier alpha value is -0.260. The quantitative estimate of drug-likeness (QED) is 0.612. The molecular formula is C7H12F2N2O. The highest BCUT2D eigenvalue weighted by Crippen LogP contribution is 2.49. The molecule has 3 nitrogen and oxygen atoms in total. The van der Waals surface area contributed by atoms with Crippen LogP contribution >= 0.6 is 0 Å². The van der Waals surface area contributed by atoms with Crippen molar-refractivity contribution in [1.29, 1.82) is 0 Å². The lowest BCUT2D eigenvalue weighted by Crippen LogP contribution is -2.43. The van der Waals surface area contributed by atoms with E-state index in [1.165, 1.54) is 0 Å². The third-order valence-electron chi connectivity index (χ3n) is 2.82. The predicted molar refractivity (Wildman–Crippen MR) is 37.9 cm³/mol. The molecule has 0 aromatic rings. The first-order chi connectivity index (χ1) is 5.44. The van der Waals surface area contributed by atoms with Gasteiger partial charge < -0.3 is 10.9 Å². The van der Waals surface area contributed by atoms with Gasteiger partial charge in [-0.25, -0.2) is 8.78 Å². The Labute approximate surface area is 69.1 Å². The highest BCUT2D eigenvalue weighted by Gasteiger charge is 2.61. The van der Waals surface area contributed by atoms with Gasteiger partial charge in [0.1, 0.15) is 0 Å². The van der Waals surface area contributed by atoms with Crippen molar-refractivity contribution in [3.63, 3.8) is 0 Å². The van der Waals surface area contributed by atoms with Crippen molar-refractivity contribution in [2.24, 2.45) is 11.7 Å². The van der Waals surface area contributed by atoms with E-state index in [4.69, 9.17) is 10.9 Å². The summed E-state index contributed by atoms with van der Waals surface area (Å²) in [7, 11) is 0. The maximum absolute atomic E-state index is 13.1. The molecule has 0 bridgehead atoms. The van der Waals surface area contributed by atoms with Crippen LogP contribution in [-0.4, -0.2) is 34.8 Å². The lowest BCUT2D eigenvalue weighted by Gasteiger charge is -2.23. The van der Waals surface area contributed by atoms with Crippen LogP contribution in [0.25, 0.3) is 0 Å². The molecule has 0 spiro atoms. The molecule has 1 aliphatic heterocycles. The van der Waals surface area contributed by atoms with Crippen molar-refractivity contribution in [2.45, 2.75) is 24.3 Å². The molecule has 2 fully saturated rings.